The average molecular weight is 295 g/mol. The van der Waals surface area contributed by atoms with E-state index in [0.717, 1.165) is 11.3 Å². The number of amides is 1. The maximum absolute atomic E-state index is 12.2. The normalized spacial score (nSPS) is 10.3. The minimum Gasteiger partial charge on any atom is -0.298 e. The van der Waals surface area contributed by atoms with Gasteiger partial charge in [0, 0.05) is 17.1 Å². The first-order valence-corrected chi connectivity index (χ1v) is 7.36. The molecule has 0 spiro atoms. The van der Waals surface area contributed by atoms with Crippen LogP contribution >= 0.6 is 11.3 Å². The molecule has 0 aliphatic heterocycles. The molecule has 0 radical (unpaired) electrons. The zero-order valence-electron chi connectivity index (χ0n) is 11.4. The van der Waals surface area contributed by atoms with Crippen LogP contribution < -0.4 is 5.32 Å². The van der Waals surface area contributed by atoms with Gasteiger partial charge in [-0.1, -0.05) is 30.3 Å². The summed E-state index contributed by atoms with van der Waals surface area (Å²) < 4.78 is 0. The molecule has 0 unspecified atom stereocenters. The van der Waals surface area contributed by atoms with Crippen molar-refractivity contribution in [1.82, 2.24) is 9.97 Å². The van der Waals surface area contributed by atoms with Crippen molar-refractivity contribution in [3.05, 3.63) is 65.3 Å². The molecular formula is C16H13N3OS. The van der Waals surface area contributed by atoms with E-state index >= 15 is 0 Å². The van der Waals surface area contributed by atoms with Crippen molar-refractivity contribution in [3.8, 4) is 11.3 Å². The van der Waals surface area contributed by atoms with Gasteiger partial charge in [0.2, 0.25) is 0 Å². The largest absolute Gasteiger partial charge is 0.298 e. The van der Waals surface area contributed by atoms with Gasteiger partial charge >= 0.3 is 0 Å². The van der Waals surface area contributed by atoms with Crippen molar-refractivity contribution in [1.29, 1.82) is 0 Å². The molecule has 5 heteroatoms. The maximum atomic E-state index is 12.2. The van der Waals surface area contributed by atoms with Gasteiger partial charge in [0.05, 0.1) is 17.0 Å². The van der Waals surface area contributed by atoms with Crippen molar-refractivity contribution in [2.45, 2.75) is 6.92 Å². The van der Waals surface area contributed by atoms with Crippen LogP contribution in [0.4, 0.5) is 5.13 Å². The molecule has 0 saturated heterocycles. The first kappa shape index (κ1) is 13.5. The molecule has 1 N–H and O–H groups in total. The maximum Gasteiger partial charge on any atom is 0.259 e. The van der Waals surface area contributed by atoms with Crippen LogP contribution in [-0.4, -0.2) is 15.9 Å². The van der Waals surface area contributed by atoms with E-state index in [1.54, 1.807) is 12.3 Å². The third-order valence-electron chi connectivity index (χ3n) is 3.05. The quantitative estimate of drug-likeness (QED) is 0.800. The van der Waals surface area contributed by atoms with Gasteiger partial charge in [0.15, 0.2) is 5.13 Å². The number of benzene rings is 1. The second kappa shape index (κ2) is 5.85. The lowest BCUT2D eigenvalue weighted by molar-refractivity contribution is 0.102. The molecule has 2 aromatic heterocycles. The Hall–Kier alpha value is -2.53. The summed E-state index contributed by atoms with van der Waals surface area (Å²) in [5.41, 5.74) is 3.15. The summed E-state index contributed by atoms with van der Waals surface area (Å²) in [6.45, 7) is 1.84. The number of anilines is 1. The Bertz CT molecular complexity index is 754. The molecule has 3 aromatic rings. The van der Waals surface area contributed by atoms with Crippen LogP contribution in [0.1, 0.15) is 16.1 Å². The van der Waals surface area contributed by atoms with E-state index in [0.29, 0.717) is 16.4 Å². The molecule has 0 aliphatic carbocycles. The lowest BCUT2D eigenvalue weighted by Crippen LogP contribution is -2.14. The molecule has 1 amide bonds. The molecule has 21 heavy (non-hydrogen) atoms. The second-order valence-electron chi connectivity index (χ2n) is 4.49. The second-order valence-corrected chi connectivity index (χ2v) is 5.38. The van der Waals surface area contributed by atoms with Crippen LogP contribution in [0, 0.1) is 6.92 Å². The Balaban J connectivity index is 1.86. The van der Waals surface area contributed by atoms with Crippen LogP contribution in [0.3, 0.4) is 0 Å². The summed E-state index contributed by atoms with van der Waals surface area (Å²) in [5, 5.41) is 5.17. The van der Waals surface area contributed by atoms with E-state index in [1.807, 2.05) is 48.7 Å². The van der Waals surface area contributed by atoms with Crippen molar-refractivity contribution in [2.24, 2.45) is 0 Å². The average Bonchev–Trinajstić information content (AvgIpc) is 3.01. The minimum atomic E-state index is -0.186. The fraction of sp³-hybridized carbons (Fsp3) is 0.0625. The highest BCUT2D eigenvalue weighted by atomic mass is 32.1. The van der Waals surface area contributed by atoms with Gasteiger partial charge in [-0.3, -0.25) is 15.1 Å². The molecule has 1 aromatic carbocycles. The highest BCUT2D eigenvalue weighted by molar-refractivity contribution is 7.13. The predicted octanol–water partition coefficient (Wildman–Crippen LogP) is 3.77. The van der Waals surface area contributed by atoms with E-state index in [2.05, 4.69) is 15.3 Å². The number of rotatable bonds is 3. The van der Waals surface area contributed by atoms with Gasteiger partial charge < -0.3 is 0 Å². The van der Waals surface area contributed by atoms with E-state index in [9.17, 15) is 4.79 Å². The van der Waals surface area contributed by atoms with Crippen molar-refractivity contribution in [3.63, 3.8) is 0 Å². The van der Waals surface area contributed by atoms with Crippen molar-refractivity contribution >= 4 is 22.4 Å². The van der Waals surface area contributed by atoms with Crippen molar-refractivity contribution < 1.29 is 4.79 Å². The summed E-state index contributed by atoms with van der Waals surface area (Å²) in [7, 11) is 0. The van der Waals surface area contributed by atoms with E-state index in [-0.39, 0.29) is 5.91 Å². The Labute approximate surface area is 126 Å². The summed E-state index contributed by atoms with van der Waals surface area (Å²) >= 11 is 1.39. The lowest BCUT2D eigenvalue weighted by Gasteiger charge is -2.07. The number of aryl methyl sites for hydroxylation is 1. The highest BCUT2D eigenvalue weighted by Crippen LogP contribution is 2.19. The van der Waals surface area contributed by atoms with Crippen LogP contribution in [0.15, 0.2) is 54.0 Å². The van der Waals surface area contributed by atoms with Gasteiger partial charge in [-0.25, -0.2) is 4.98 Å². The zero-order chi connectivity index (χ0) is 14.7. The van der Waals surface area contributed by atoms with Gasteiger partial charge in [-0.15, -0.1) is 11.3 Å². The van der Waals surface area contributed by atoms with Gasteiger partial charge in [0.25, 0.3) is 5.91 Å². The van der Waals surface area contributed by atoms with Crippen molar-refractivity contribution in [2.75, 3.05) is 5.32 Å². The number of aromatic nitrogens is 2. The molecule has 0 saturated carbocycles. The highest BCUT2D eigenvalue weighted by Gasteiger charge is 2.12. The number of hydrogen-bond donors (Lipinski definition) is 1. The predicted molar refractivity (Wildman–Crippen MR) is 84.5 cm³/mol. The molecule has 4 nitrogen and oxygen atoms in total. The third kappa shape index (κ3) is 2.98. The molecule has 0 atom stereocenters. The number of carbonyl (C=O) groups excluding carboxylic acids is 1. The fourth-order valence-corrected chi connectivity index (χ4v) is 2.54. The van der Waals surface area contributed by atoms with Crippen LogP contribution in [-0.2, 0) is 0 Å². The lowest BCUT2D eigenvalue weighted by atomic mass is 10.1. The smallest absolute Gasteiger partial charge is 0.259 e. The summed E-state index contributed by atoms with van der Waals surface area (Å²) in [6, 6.07) is 13.6. The molecule has 104 valence electrons. The SMILES string of the molecule is Cc1nc(-c2ccccc2)ccc1C(=O)Nc1nccs1. The Morgan fingerprint density at radius 2 is 1.95 bits per heavy atom. The monoisotopic (exact) mass is 295 g/mol. The van der Waals surface area contributed by atoms with E-state index in [1.165, 1.54) is 11.3 Å². The number of pyridine rings is 1. The summed E-state index contributed by atoms with van der Waals surface area (Å²) in [5.74, 6) is -0.186. The fourth-order valence-electron chi connectivity index (χ4n) is 2.02. The van der Waals surface area contributed by atoms with Gasteiger partial charge in [0.1, 0.15) is 0 Å². The molecule has 2 heterocycles. The number of carbonyl (C=O) groups is 1. The number of thiazole rings is 1. The third-order valence-corrected chi connectivity index (χ3v) is 3.74. The Morgan fingerprint density at radius 3 is 2.62 bits per heavy atom. The summed E-state index contributed by atoms with van der Waals surface area (Å²) in [4.78, 5) is 20.8. The topological polar surface area (TPSA) is 54.9 Å². The Kier molecular flexibility index (Phi) is 3.75. The number of nitrogens with zero attached hydrogens (tertiary/aromatic N) is 2. The molecule has 0 aliphatic rings. The van der Waals surface area contributed by atoms with Crippen LogP contribution in [0.5, 0.6) is 0 Å². The number of hydrogen-bond acceptors (Lipinski definition) is 4. The van der Waals surface area contributed by atoms with E-state index in [4.69, 9.17) is 0 Å². The molecule has 3 rings (SSSR count). The molecular weight excluding hydrogens is 282 g/mol. The Morgan fingerprint density at radius 1 is 1.14 bits per heavy atom. The van der Waals surface area contributed by atoms with Crippen LogP contribution in [0.2, 0.25) is 0 Å². The van der Waals surface area contributed by atoms with Gasteiger partial charge in [-0.05, 0) is 19.1 Å². The minimum absolute atomic E-state index is 0.186. The first-order valence-electron chi connectivity index (χ1n) is 6.48. The van der Waals surface area contributed by atoms with Crippen LogP contribution in [0.25, 0.3) is 11.3 Å². The molecule has 0 fully saturated rings. The van der Waals surface area contributed by atoms with Gasteiger partial charge in [-0.2, -0.15) is 0 Å². The zero-order valence-corrected chi connectivity index (χ0v) is 12.2. The summed E-state index contributed by atoms with van der Waals surface area (Å²) in [6.07, 6.45) is 1.66. The standard InChI is InChI=1S/C16H13N3OS/c1-11-13(15(20)19-16-17-9-10-21-16)7-8-14(18-11)12-5-3-2-4-6-12/h2-10H,1H3,(H,17,19,20). The van der Waals surface area contributed by atoms with E-state index < -0.39 is 0 Å². The number of nitrogens with one attached hydrogen (secondary N) is 1. The molecule has 0 bridgehead atoms. The first-order chi connectivity index (χ1) is 10.2.